The van der Waals surface area contributed by atoms with Crippen molar-refractivity contribution in [3.63, 3.8) is 0 Å². The minimum Gasteiger partial charge on any atom is -0.309 e. The van der Waals surface area contributed by atoms with Crippen LogP contribution < -0.4 is 0 Å². The molecule has 0 N–H and O–H groups in total. The summed E-state index contributed by atoms with van der Waals surface area (Å²) in [6.07, 6.45) is 0. The third-order valence-electron chi connectivity index (χ3n) is 9.58. The Labute approximate surface area is 268 Å². The van der Waals surface area contributed by atoms with Crippen LogP contribution in [0.15, 0.2) is 152 Å². The van der Waals surface area contributed by atoms with Gasteiger partial charge in [0.15, 0.2) is 5.82 Å². The number of hydrogen-bond donors (Lipinski definition) is 0. The maximum atomic E-state index is 5.43. The number of rotatable bonds is 4. The van der Waals surface area contributed by atoms with Crippen LogP contribution >= 0.6 is 0 Å². The van der Waals surface area contributed by atoms with Gasteiger partial charge in [-0.15, -0.1) is 0 Å². The largest absolute Gasteiger partial charge is 0.309 e. The average Bonchev–Trinajstić information content (AvgIpc) is 3.57. The van der Waals surface area contributed by atoms with Crippen LogP contribution in [0.2, 0.25) is 0 Å². The first kappa shape index (κ1) is 26.6. The molecule has 218 valence electrons. The molecule has 6 aromatic carbocycles. The van der Waals surface area contributed by atoms with Crippen molar-refractivity contribution in [2.75, 3.05) is 0 Å². The summed E-state index contributed by atoms with van der Waals surface area (Å²) in [6.45, 7) is 4.61. The number of aromatic nitrogens is 3. The van der Waals surface area contributed by atoms with Crippen LogP contribution in [0.5, 0.6) is 0 Å². The van der Waals surface area contributed by atoms with E-state index in [1.165, 1.54) is 44.1 Å². The zero-order chi connectivity index (χ0) is 30.8. The normalized spacial score (nSPS) is 13.2. The maximum Gasteiger partial charge on any atom is 0.160 e. The van der Waals surface area contributed by atoms with Gasteiger partial charge < -0.3 is 4.57 Å². The van der Waals surface area contributed by atoms with E-state index >= 15 is 0 Å². The third-order valence-corrected chi connectivity index (χ3v) is 9.58. The van der Waals surface area contributed by atoms with Crippen LogP contribution in [0.3, 0.4) is 0 Å². The Kier molecular flexibility index (Phi) is 5.85. The topological polar surface area (TPSA) is 30.7 Å². The highest BCUT2D eigenvalue weighted by atomic mass is 15.0. The fraction of sp³-hybridized carbons (Fsp3) is 0.0698. The van der Waals surface area contributed by atoms with Crippen LogP contribution in [0.4, 0.5) is 0 Å². The fourth-order valence-electron chi connectivity index (χ4n) is 7.40. The lowest BCUT2D eigenvalue weighted by Crippen LogP contribution is -2.17. The lowest BCUT2D eigenvalue weighted by atomic mass is 9.80. The van der Waals surface area contributed by atoms with Gasteiger partial charge in [-0.1, -0.05) is 129 Å². The molecule has 46 heavy (non-hydrogen) atoms. The van der Waals surface area contributed by atoms with Crippen LogP contribution in [-0.4, -0.2) is 14.5 Å². The second-order valence-electron chi connectivity index (χ2n) is 12.7. The van der Waals surface area contributed by atoms with Gasteiger partial charge in [0.1, 0.15) is 0 Å². The summed E-state index contributed by atoms with van der Waals surface area (Å²) in [5.41, 5.74) is 13.4. The SMILES string of the molecule is CC1(C)c2ccccc2-c2nc(-c3cccc(-c4ccccc4)c3)nc(-c3ccc4c(c3)c3ccccc3n4-c3ccccc3)c21. The Bertz CT molecular complexity index is 2440. The Morgan fingerprint density at radius 1 is 0.478 bits per heavy atom. The van der Waals surface area contributed by atoms with Gasteiger partial charge in [0.05, 0.1) is 22.4 Å². The van der Waals surface area contributed by atoms with E-state index < -0.39 is 0 Å². The molecule has 2 aromatic heterocycles. The molecular weight excluding hydrogens is 558 g/mol. The predicted molar refractivity (Wildman–Crippen MR) is 190 cm³/mol. The molecule has 8 aromatic rings. The number of hydrogen-bond acceptors (Lipinski definition) is 2. The van der Waals surface area contributed by atoms with E-state index in [2.05, 4.69) is 170 Å². The van der Waals surface area contributed by atoms with Crippen molar-refractivity contribution >= 4 is 21.8 Å². The number of fused-ring (bicyclic) bond motifs is 6. The summed E-state index contributed by atoms with van der Waals surface area (Å²) in [5, 5.41) is 2.44. The van der Waals surface area contributed by atoms with E-state index in [9.17, 15) is 0 Å². The fourth-order valence-corrected chi connectivity index (χ4v) is 7.40. The van der Waals surface area contributed by atoms with Gasteiger partial charge in [-0.05, 0) is 53.1 Å². The molecule has 3 nitrogen and oxygen atoms in total. The van der Waals surface area contributed by atoms with Crippen LogP contribution in [0.1, 0.15) is 25.0 Å². The summed E-state index contributed by atoms with van der Waals surface area (Å²) in [5.74, 6) is 0.742. The number of benzene rings is 6. The summed E-state index contributed by atoms with van der Waals surface area (Å²) in [4.78, 5) is 10.8. The lowest BCUT2D eigenvalue weighted by Gasteiger charge is -2.24. The van der Waals surface area contributed by atoms with Crippen molar-refractivity contribution in [1.29, 1.82) is 0 Å². The Balaban J connectivity index is 1.31. The summed E-state index contributed by atoms with van der Waals surface area (Å²) < 4.78 is 2.36. The standard InChI is InChI=1S/C43H31N3/c1-43(2)36-22-11-9-21-34(36)41-39(43)40(44-42(45-41)31-17-13-16-29(26-31)28-14-5-3-6-15-28)30-24-25-38-35(27-30)33-20-10-12-23-37(33)46(38)32-18-7-4-8-19-32/h3-27H,1-2H3. The summed E-state index contributed by atoms with van der Waals surface area (Å²) in [6, 6.07) is 53.9. The Morgan fingerprint density at radius 3 is 1.98 bits per heavy atom. The van der Waals surface area contributed by atoms with Gasteiger partial charge in [0.25, 0.3) is 0 Å². The zero-order valence-corrected chi connectivity index (χ0v) is 25.8. The second kappa shape index (κ2) is 10.1. The van der Waals surface area contributed by atoms with E-state index in [-0.39, 0.29) is 5.41 Å². The number of para-hydroxylation sites is 2. The first-order valence-electron chi connectivity index (χ1n) is 15.9. The first-order chi connectivity index (χ1) is 22.6. The van der Waals surface area contributed by atoms with Crippen molar-refractivity contribution in [3.8, 4) is 50.7 Å². The van der Waals surface area contributed by atoms with Crippen LogP contribution in [0.25, 0.3) is 72.5 Å². The average molecular weight is 590 g/mol. The monoisotopic (exact) mass is 589 g/mol. The van der Waals surface area contributed by atoms with Crippen molar-refractivity contribution in [1.82, 2.24) is 14.5 Å². The Morgan fingerprint density at radius 2 is 1.13 bits per heavy atom. The second-order valence-corrected chi connectivity index (χ2v) is 12.7. The first-order valence-corrected chi connectivity index (χ1v) is 15.9. The summed E-state index contributed by atoms with van der Waals surface area (Å²) in [7, 11) is 0. The molecule has 0 saturated carbocycles. The van der Waals surface area contributed by atoms with E-state index in [0.29, 0.717) is 0 Å². The highest BCUT2D eigenvalue weighted by Gasteiger charge is 2.40. The Hall–Kier alpha value is -5.80. The highest BCUT2D eigenvalue weighted by molar-refractivity contribution is 6.10. The minimum atomic E-state index is -0.251. The molecule has 0 saturated heterocycles. The smallest absolute Gasteiger partial charge is 0.160 e. The minimum absolute atomic E-state index is 0.251. The van der Waals surface area contributed by atoms with Crippen molar-refractivity contribution in [2.45, 2.75) is 19.3 Å². The predicted octanol–water partition coefficient (Wildman–Crippen LogP) is 10.9. The van der Waals surface area contributed by atoms with Gasteiger partial charge in [-0.3, -0.25) is 0 Å². The van der Waals surface area contributed by atoms with Crippen LogP contribution in [-0.2, 0) is 5.41 Å². The molecular formula is C43H31N3. The van der Waals surface area contributed by atoms with Crippen molar-refractivity contribution < 1.29 is 0 Å². The lowest BCUT2D eigenvalue weighted by molar-refractivity contribution is 0.658. The van der Waals surface area contributed by atoms with Gasteiger partial charge in [-0.25, -0.2) is 9.97 Å². The number of nitrogens with zero attached hydrogens (tertiary/aromatic N) is 3. The van der Waals surface area contributed by atoms with Gasteiger partial charge in [-0.2, -0.15) is 0 Å². The molecule has 0 unspecified atom stereocenters. The summed E-state index contributed by atoms with van der Waals surface area (Å²) >= 11 is 0. The van der Waals surface area contributed by atoms with Crippen molar-refractivity contribution in [2.24, 2.45) is 0 Å². The molecule has 3 heteroatoms. The van der Waals surface area contributed by atoms with E-state index in [4.69, 9.17) is 9.97 Å². The molecule has 1 aliphatic carbocycles. The third kappa shape index (κ3) is 3.98. The van der Waals surface area contributed by atoms with Gasteiger partial charge in [0, 0.05) is 44.1 Å². The zero-order valence-electron chi connectivity index (χ0n) is 25.8. The van der Waals surface area contributed by atoms with E-state index in [0.717, 1.165) is 39.6 Å². The van der Waals surface area contributed by atoms with E-state index in [1.807, 2.05) is 0 Å². The highest BCUT2D eigenvalue weighted by Crippen LogP contribution is 2.51. The molecule has 1 aliphatic rings. The molecule has 0 radical (unpaired) electrons. The van der Waals surface area contributed by atoms with Crippen molar-refractivity contribution in [3.05, 3.63) is 163 Å². The van der Waals surface area contributed by atoms with Crippen LogP contribution in [0, 0.1) is 0 Å². The van der Waals surface area contributed by atoms with E-state index in [1.54, 1.807) is 0 Å². The molecule has 9 rings (SSSR count). The molecule has 2 heterocycles. The molecule has 0 amide bonds. The molecule has 0 fully saturated rings. The molecule has 0 bridgehead atoms. The van der Waals surface area contributed by atoms with Gasteiger partial charge >= 0.3 is 0 Å². The van der Waals surface area contributed by atoms with Gasteiger partial charge in [0.2, 0.25) is 0 Å². The molecule has 0 aliphatic heterocycles. The molecule has 0 spiro atoms. The quantitative estimate of drug-likeness (QED) is 0.204. The molecule has 0 atom stereocenters. The maximum absolute atomic E-state index is 5.43.